The van der Waals surface area contributed by atoms with Gasteiger partial charge in [0, 0.05) is 25.0 Å². The third-order valence-electron chi connectivity index (χ3n) is 6.56. The van der Waals surface area contributed by atoms with Gasteiger partial charge in [0.2, 0.25) is 0 Å². The van der Waals surface area contributed by atoms with Crippen LogP contribution in [0, 0.1) is 6.92 Å². The number of aromatic nitrogens is 1. The lowest BCUT2D eigenvalue weighted by Crippen LogP contribution is -2.45. The van der Waals surface area contributed by atoms with Crippen LogP contribution in [0.4, 0.5) is 11.4 Å². The molecule has 0 bridgehead atoms. The van der Waals surface area contributed by atoms with E-state index in [1.165, 1.54) is 16.7 Å². The summed E-state index contributed by atoms with van der Waals surface area (Å²) in [5.41, 5.74) is 3.61. The number of aromatic carboxylic acids is 1. The number of para-hydroxylation sites is 1. The van der Waals surface area contributed by atoms with Crippen LogP contribution in [-0.4, -0.2) is 35.6 Å². The quantitative estimate of drug-likeness (QED) is 0.421. The maximum atomic E-state index is 13.8. The van der Waals surface area contributed by atoms with Gasteiger partial charge in [0.05, 0.1) is 22.5 Å². The SMILES string of the molecule is Cc1c2c(n(-c3ccccc3)c(=O)/c1=C\C=Cc1ccc(N(C)C)cc1)=NN(c1cccc(C(=O)O)c1)C2=O. The van der Waals surface area contributed by atoms with Gasteiger partial charge in [-0.1, -0.05) is 48.6 Å². The number of rotatable bonds is 6. The molecular weight excluding hydrogens is 492 g/mol. The lowest BCUT2D eigenvalue weighted by molar-refractivity contribution is 0.0696. The van der Waals surface area contributed by atoms with Crippen molar-refractivity contribution in [2.45, 2.75) is 6.92 Å². The van der Waals surface area contributed by atoms with E-state index >= 15 is 0 Å². The van der Waals surface area contributed by atoms with Gasteiger partial charge in [-0.2, -0.15) is 5.01 Å². The molecule has 0 fully saturated rings. The molecule has 8 heteroatoms. The summed E-state index contributed by atoms with van der Waals surface area (Å²) in [6.07, 6.45) is 5.40. The first-order chi connectivity index (χ1) is 18.8. The summed E-state index contributed by atoms with van der Waals surface area (Å²) in [7, 11) is 3.95. The zero-order valence-corrected chi connectivity index (χ0v) is 21.7. The lowest BCUT2D eigenvalue weighted by Gasteiger charge is -2.12. The molecule has 1 aliphatic heterocycles. The third kappa shape index (κ3) is 4.75. The van der Waals surface area contributed by atoms with Gasteiger partial charge in [0.15, 0.2) is 5.49 Å². The zero-order valence-electron chi connectivity index (χ0n) is 21.7. The van der Waals surface area contributed by atoms with Crippen LogP contribution in [0.25, 0.3) is 17.8 Å². The van der Waals surface area contributed by atoms with Gasteiger partial charge in [-0.15, -0.1) is 5.10 Å². The summed E-state index contributed by atoms with van der Waals surface area (Å²) < 4.78 is 1.42. The van der Waals surface area contributed by atoms with Crippen LogP contribution in [0.2, 0.25) is 0 Å². The fourth-order valence-corrected chi connectivity index (χ4v) is 4.49. The Kier molecular flexibility index (Phi) is 6.68. The number of anilines is 2. The van der Waals surface area contributed by atoms with E-state index in [1.807, 2.05) is 55.4 Å². The van der Waals surface area contributed by atoms with Crippen LogP contribution < -0.4 is 26.2 Å². The van der Waals surface area contributed by atoms with Gasteiger partial charge >= 0.3 is 5.97 Å². The van der Waals surface area contributed by atoms with E-state index in [0.717, 1.165) is 16.3 Å². The van der Waals surface area contributed by atoms with E-state index in [9.17, 15) is 19.5 Å². The Hall–Kier alpha value is -5.24. The predicted molar refractivity (Wildman–Crippen MR) is 152 cm³/mol. The second-order valence-corrected chi connectivity index (χ2v) is 9.30. The number of carboxylic acids is 1. The van der Waals surface area contributed by atoms with Gasteiger partial charge in [0.1, 0.15) is 0 Å². The van der Waals surface area contributed by atoms with Crippen molar-refractivity contribution in [1.82, 2.24) is 4.57 Å². The number of carbonyl (C=O) groups is 2. The number of hydrogen-bond donors (Lipinski definition) is 1. The molecule has 1 aliphatic rings. The molecule has 1 aromatic heterocycles. The number of fused-ring (bicyclic) bond motifs is 1. The van der Waals surface area contributed by atoms with Gasteiger partial charge < -0.3 is 10.0 Å². The molecule has 1 amide bonds. The number of hydrogen-bond acceptors (Lipinski definition) is 5. The van der Waals surface area contributed by atoms with Crippen LogP contribution in [0.5, 0.6) is 0 Å². The molecule has 0 atom stereocenters. The molecule has 39 heavy (non-hydrogen) atoms. The monoisotopic (exact) mass is 518 g/mol. The van der Waals surface area contributed by atoms with Crippen molar-refractivity contribution >= 4 is 35.4 Å². The van der Waals surface area contributed by atoms with E-state index < -0.39 is 11.9 Å². The van der Waals surface area contributed by atoms with Crippen molar-refractivity contribution in [3.63, 3.8) is 0 Å². The highest BCUT2D eigenvalue weighted by Gasteiger charge is 2.31. The normalized spacial score (nSPS) is 13.1. The lowest BCUT2D eigenvalue weighted by atomic mass is 10.1. The number of amides is 1. The van der Waals surface area contributed by atoms with E-state index in [2.05, 4.69) is 5.10 Å². The number of carboxylic acid groups (broad SMARTS) is 1. The van der Waals surface area contributed by atoms with Gasteiger partial charge in [0.25, 0.3) is 11.5 Å². The molecule has 1 N–H and O–H groups in total. The maximum Gasteiger partial charge on any atom is 0.335 e. The van der Waals surface area contributed by atoms with E-state index in [1.54, 1.807) is 55.5 Å². The molecule has 5 rings (SSSR count). The number of carbonyl (C=O) groups excluding carboxylic acids is 1. The standard InChI is InChI=1S/C31H26N4O4/c1-20-26(14-7-9-21-15-17-23(18-16-21)33(2)3)29(36)34(24-11-5-4-6-12-24)28-27(20)30(37)35(32-28)25-13-8-10-22(19-25)31(38)39/h4-19H,1-3H3,(H,38,39)/b9-7?,26-14-. The van der Waals surface area contributed by atoms with Crippen LogP contribution in [0.3, 0.4) is 0 Å². The Labute approximate surface area is 224 Å². The molecule has 2 heterocycles. The Morgan fingerprint density at radius 2 is 1.62 bits per heavy atom. The topological polar surface area (TPSA) is 95.2 Å². The molecule has 0 aliphatic carbocycles. The van der Waals surface area contributed by atoms with E-state index in [0.29, 0.717) is 22.2 Å². The molecule has 194 valence electrons. The Morgan fingerprint density at radius 3 is 2.28 bits per heavy atom. The minimum Gasteiger partial charge on any atom is -0.478 e. The Bertz CT molecular complexity index is 1800. The maximum absolute atomic E-state index is 13.8. The van der Waals surface area contributed by atoms with E-state index in [-0.39, 0.29) is 22.2 Å². The second kappa shape index (κ2) is 10.3. The highest BCUT2D eigenvalue weighted by Crippen LogP contribution is 2.22. The van der Waals surface area contributed by atoms with Gasteiger partial charge in [-0.3, -0.25) is 14.2 Å². The zero-order chi connectivity index (χ0) is 27.7. The molecule has 0 radical (unpaired) electrons. The minimum absolute atomic E-state index is 0.0291. The van der Waals surface area contributed by atoms with Crippen molar-refractivity contribution in [2.75, 3.05) is 24.0 Å². The van der Waals surface area contributed by atoms with Gasteiger partial charge in [-0.05, 0) is 66.6 Å². The van der Waals surface area contributed by atoms with Crippen LogP contribution >= 0.6 is 0 Å². The molecular formula is C31H26N4O4. The number of benzene rings is 3. The molecule has 0 spiro atoms. The third-order valence-corrected chi connectivity index (χ3v) is 6.56. The average Bonchev–Trinajstić information content (AvgIpc) is 3.28. The van der Waals surface area contributed by atoms with Crippen LogP contribution in [0.15, 0.2) is 94.8 Å². The summed E-state index contributed by atoms with van der Waals surface area (Å²) in [6, 6.07) is 23.0. The predicted octanol–water partition coefficient (Wildman–Crippen LogP) is 3.60. The summed E-state index contributed by atoms with van der Waals surface area (Å²) in [4.78, 5) is 41.0. The first-order valence-electron chi connectivity index (χ1n) is 12.3. The van der Waals surface area contributed by atoms with Crippen LogP contribution in [-0.2, 0) is 0 Å². The Balaban J connectivity index is 1.67. The molecule has 0 saturated carbocycles. The van der Waals surface area contributed by atoms with Crippen molar-refractivity contribution in [3.8, 4) is 5.69 Å². The second-order valence-electron chi connectivity index (χ2n) is 9.30. The smallest absolute Gasteiger partial charge is 0.335 e. The number of pyridine rings is 1. The van der Waals surface area contributed by atoms with Gasteiger partial charge in [-0.25, -0.2) is 4.79 Å². The van der Waals surface area contributed by atoms with Crippen molar-refractivity contribution in [1.29, 1.82) is 0 Å². The summed E-state index contributed by atoms with van der Waals surface area (Å²) in [5, 5.41) is 15.4. The first-order valence-corrected chi connectivity index (χ1v) is 12.3. The molecule has 3 aromatic carbocycles. The highest BCUT2D eigenvalue weighted by molar-refractivity contribution is 6.08. The first kappa shape index (κ1) is 25.4. The molecule has 8 nitrogen and oxygen atoms in total. The summed E-state index contributed by atoms with van der Waals surface area (Å²) in [6.45, 7) is 1.73. The molecule has 0 saturated heterocycles. The number of nitrogens with zero attached hydrogens (tertiary/aromatic N) is 4. The Morgan fingerprint density at radius 1 is 0.923 bits per heavy atom. The average molecular weight is 519 g/mol. The van der Waals surface area contributed by atoms with Crippen molar-refractivity contribution in [3.05, 3.63) is 128 Å². The fraction of sp³-hybridized carbons (Fsp3) is 0.0968. The van der Waals surface area contributed by atoms with Crippen molar-refractivity contribution < 1.29 is 14.7 Å². The minimum atomic E-state index is -1.11. The fourth-order valence-electron chi connectivity index (χ4n) is 4.49. The van der Waals surface area contributed by atoms with E-state index in [4.69, 9.17) is 0 Å². The molecule has 4 aromatic rings. The van der Waals surface area contributed by atoms with Crippen LogP contribution in [0.1, 0.15) is 31.8 Å². The summed E-state index contributed by atoms with van der Waals surface area (Å²) >= 11 is 0. The highest BCUT2D eigenvalue weighted by atomic mass is 16.4. The number of allylic oxidation sites excluding steroid dienone is 1. The largest absolute Gasteiger partial charge is 0.478 e. The molecule has 0 unspecified atom stereocenters. The van der Waals surface area contributed by atoms with Crippen molar-refractivity contribution in [2.24, 2.45) is 5.10 Å². The summed E-state index contributed by atoms with van der Waals surface area (Å²) in [5.74, 6) is -1.55.